The number of hydrogen-bond donors (Lipinski definition) is 1. The molecule has 90 valence electrons. The molecular weight excluding hydrogens is 219 g/mol. The zero-order chi connectivity index (χ0) is 12.0. The molecule has 0 unspecified atom stereocenters. The molecular formula is C11H14F3NO. The highest BCUT2D eigenvalue weighted by molar-refractivity contribution is 5.48. The SMILES string of the molecule is CCOc1cccc(NCCC(F)(F)F)c1. The quantitative estimate of drug-likeness (QED) is 0.841. The van der Waals surface area contributed by atoms with Gasteiger partial charge < -0.3 is 10.1 Å². The van der Waals surface area contributed by atoms with Crippen molar-refractivity contribution in [3.05, 3.63) is 24.3 Å². The lowest BCUT2D eigenvalue weighted by Gasteiger charge is -2.10. The van der Waals surface area contributed by atoms with Crippen molar-refractivity contribution < 1.29 is 17.9 Å². The second-order valence-electron chi connectivity index (χ2n) is 3.25. The van der Waals surface area contributed by atoms with Gasteiger partial charge in [0.25, 0.3) is 0 Å². The van der Waals surface area contributed by atoms with Crippen molar-refractivity contribution in [2.75, 3.05) is 18.5 Å². The first-order valence-electron chi connectivity index (χ1n) is 5.05. The molecule has 0 saturated heterocycles. The molecule has 5 heteroatoms. The molecule has 1 rings (SSSR count). The van der Waals surface area contributed by atoms with Gasteiger partial charge in [-0.15, -0.1) is 0 Å². The normalized spacial score (nSPS) is 11.2. The van der Waals surface area contributed by atoms with E-state index in [4.69, 9.17) is 4.74 Å². The number of benzene rings is 1. The maximum atomic E-state index is 11.9. The van der Waals surface area contributed by atoms with Crippen molar-refractivity contribution in [2.24, 2.45) is 0 Å². The summed E-state index contributed by atoms with van der Waals surface area (Å²) in [6.45, 7) is 2.26. The van der Waals surface area contributed by atoms with Crippen LogP contribution in [0.3, 0.4) is 0 Å². The van der Waals surface area contributed by atoms with E-state index in [0.29, 0.717) is 18.0 Å². The molecule has 0 aliphatic rings. The Labute approximate surface area is 92.4 Å². The average molecular weight is 233 g/mol. The smallest absolute Gasteiger partial charge is 0.390 e. The number of nitrogens with one attached hydrogen (secondary N) is 1. The standard InChI is InChI=1S/C11H14F3NO/c1-2-16-10-5-3-4-9(8-10)15-7-6-11(12,13)14/h3-5,8,15H,2,6-7H2,1H3. The second-order valence-corrected chi connectivity index (χ2v) is 3.25. The summed E-state index contributed by atoms with van der Waals surface area (Å²) in [7, 11) is 0. The minimum absolute atomic E-state index is 0.126. The molecule has 1 aromatic carbocycles. The Hall–Kier alpha value is -1.39. The maximum Gasteiger partial charge on any atom is 0.390 e. The van der Waals surface area contributed by atoms with Crippen LogP contribution < -0.4 is 10.1 Å². The first-order chi connectivity index (χ1) is 7.51. The summed E-state index contributed by atoms with van der Waals surface area (Å²) < 4.78 is 40.9. The van der Waals surface area contributed by atoms with E-state index in [-0.39, 0.29) is 6.54 Å². The van der Waals surface area contributed by atoms with E-state index in [1.807, 2.05) is 6.92 Å². The molecule has 0 spiro atoms. The topological polar surface area (TPSA) is 21.3 Å². The molecule has 0 radical (unpaired) electrons. The zero-order valence-corrected chi connectivity index (χ0v) is 8.97. The van der Waals surface area contributed by atoms with Gasteiger partial charge in [0.15, 0.2) is 0 Å². The fraction of sp³-hybridized carbons (Fsp3) is 0.455. The van der Waals surface area contributed by atoms with E-state index in [2.05, 4.69) is 5.32 Å². The lowest BCUT2D eigenvalue weighted by Crippen LogP contribution is -2.14. The van der Waals surface area contributed by atoms with E-state index >= 15 is 0 Å². The number of ether oxygens (including phenoxy) is 1. The van der Waals surface area contributed by atoms with Gasteiger partial charge in [-0.1, -0.05) is 6.07 Å². The second kappa shape index (κ2) is 5.63. The van der Waals surface area contributed by atoms with Gasteiger partial charge in [0.2, 0.25) is 0 Å². The van der Waals surface area contributed by atoms with Crippen molar-refractivity contribution in [1.82, 2.24) is 0 Å². The summed E-state index contributed by atoms with van der Waals surface area (Å²) >= 11 is 0. The van der Waals surface area contributed by atoms with Crippen molar-refractivity contribution in [2.45, 2.75) is 19.5 Å². The lowest BCUT2D eigenvalue weighted by molar-refractivity contribution is -0.131. The van der Waals surface area contributed by atoms with Crippen molar-refractivity contribution in [3.63, 3.8) is 0 Å². The zero-order valence-electron chi connectivity index (χ0n) is 8.97. The monoisotopic (exact) mass is 233 g/mol. The molecule has 0 aliphatic heterocycles. The first kappa shape index (κ1) is 12.7. The Morgan fingerprint density at radius 2 is 2.06 bits per heavy atom. The fourth-order valence-corrected chi connectivity index (χ4v) is 1.21. The molecule has 0 aliphatic carbocycles. The van der Waals surface area contributed by atoms with Crippen LogP contribution in [-0.4, -0.2) is 19.3 Å². The van der Waals surface area contributed by atoms with Crippen LogP contribution in [0.2, 0.25) is 0 Å². The largest absolute Gasteiger partial charge is 0.494 e. The Balaban J connectivity index is 2.44. The maximum absolute atomic E-state index is 11.9. The van der Waals surface area contributed by atoms with Gasteiger partial charge in [-0.2, -0.15) is 13.2 Å². The van der Waals surface area contributed by atoms with Crippen molar-refractivity contribution >= 4 is 5.69 Å². The van der Waals surface area contributed by atoms with Gasteiger partial charge in [0, 0.05) is 18.3 Å². The average Bonchev–Trinajstić information content (AvgIpc) is 2.17. The van der Waals surface area contributed by atoms with E-state index in [1.54, 1.807) is 24.3 Å². The third-order valence-electron chi connectivity index (χ3n) is 1.88. The predicted molar refractivity (Wildman–Crippen MR) is 56.8 cm³/mol. The summed E-state index contributed by atoms with van der Waals surface area (Å²) in [4.78, 5) is 0. The Morgan fingerprint density at radius 1 is 1.31 bits per heavy atom. The number of alkyl halides is 3. The third kappa shape index (κ3) is 4.91. The van der Waals surface area contributed by atoms with E-state index in [1.165, 1.54) is 0 Å². The number of anilines is 1. The Morgan fingerprint density at radius 3 is 2.69 bits per heavy atom. The van der Waals surface area contributed by atoms with E-state index in [9.17, 15) is 13.2 Å². The predicted octanol–water partition coefficient (Wildman–Crippen LogP) is 3.45. The Kier molecular flexibility index (Phi) is 4.46. The Bertz CT molecular complexity index is 325. The van der Waals surface area contributed by atoms with Gasteiger partial charge in [0.1, 0.15) is 5.75 Å². The molecule has 0 saturated carbocycles. The summed E-state index contributed by atoms with van der Waals surface area (Å²) in [5.74, 6) is 0.652. The van der Waals surface area contributed by atoms with Crippen molar-refractivity contribution in [3.8, 4) is 5.75 Å². The molecule has 0 bridgehead atoms. The fourth-order valence-electron chi connectivity index (χ4n) is 1.21. The summed E-state index contributed by atoms with van der Waals surface area (Å²) in [6, 6.07) is 6.89. The molecule has 0 aromatic heterocycles. The lowest BCUT2D eigenvalue weighted by atomic mass is 10.3. The number of hydrogen-bond acceptors (Lipinski definition) is 2. The molecule has 2 nitrogen and oxygen atoms in total. The van der Waals surface area contributed by atoms with E-state index < -0.39 is 12.6 Å². The number of rotatable bonds is 5. The molecule has 1 N–H and O–H groups in total. The van der Waals surface area contributed by atoms with Crippen LogP contribution >= 0.6 is 0 Å². The minimum Gasteiger partial charge on any atom is -0.494 e. The van der Waals surface area contributed by atoms with E-state index in [0.717, 1.165) is 0 Å². The summed E-state index contributed by atoms with van der Waals surface area (Å²) in [5, 5.41) is 2.70. The van der Waals surface area contributed by atoms with Crippen LogP contribution in [-0.2, 0) is 0 Å². The van der Waals surface area contributed by atoms with Crippen LogP contribution in [0.25, 0.3) is 0 Å². The van der Waals surface area contributed by atoms with Gasteiger partial charge in [-0.25, -0.2) is 0 Å². The highest BCUT2D eigenvalue weighted by Gasteiger charge is 2.25. The molecule has 1 aromatic rings. The summed E-state index contributed by atoms with van der Waals surface area (Å²) in [6.07, 6.45) is -4.96. The molecule has 0 atom stereocenters. The highest BCUT2D eigenvalue weighted by atomic mass is 19.4. The van der Waals surface area contributed by atoms with Gasteiger partial charge in [-0.05, 0) is 19.1 Å². The minimum atomic E-state index is -4.12. The summed E-state index contributed by atoms with van der Waals surface area (Å²) in [5.41, 5.74) is 0.634. The van der Waals surface area contributed by atoms with Crippen LogP contribution in [0.15, 0.2) is 24.3 Å². The van der Waals surface area contributed by atoms with Crippen LogP contribution in [0, 0.1) is 0 Å². The molecule has 0 heterocycles. The van der Waals surface area contributed by atoms with Gasteiger partial charge in [0.05, 0.1) is 13.0 Å². The highest BCUT2D eigenvalue weighted by Crippen LogP contribution is 2.21. The third-order valence-corrected chi connectivity index (χ3v) is 1.88. The van der Waals surface area contributed by atoms with Crippen molar-refractivity contribution in [1.29, 1.82) is 0 Å². The molecule has 0 amide bonds. The van der Waals surface area contributed by atoms with Crippen LogP contribution in [0.4, 0.5) is 18.9 Å². The van der Waals surface area contributed by atoms with Gasteiger partial charge in [-0.3, -0.25) is 0 Å². The molecule has 0 fully saturated rings. The first-order valence-corrected chi connectivity index (χ1v) is 5.05. The number of halogens is 3. The van der Waals surface area contributed by atoms with Gasteiger partial charge >= 0.3 is 6.18 Å². The molecule has 16 heavy (non-hydrogen) atoms. The van der Waals surface area contributed by atoms with Crippen LogP contribution in [0.5, 0.6) is 5.75 Å². The van der Waals surface area contributed by atoms with Crippen LogP contribution in [0.1, 0.15) is 13.3 Å².